The summed E-state index contributed by atoms with van der Waals surface area (Å²) in [6, 6.07) is 9.26. The highest BCUT2D eigenvalue weighted by molar-refractivity contribution is 7.80. The van der Waals surface area contributed by atoms with E-state index in [1.54, 1.807) is 25.4 Å². The SMILES string of the molecule is CNC(=S)c1cc(C(=O)OC)cc(-c2ccc(C)cn2)c1. The third kappa shape index (κ3) is 3.44. The van der Waals surface area contributed by atoms with Crippen LogP contribution in [-0.2, 0) is 4.74 Å². The molecule has 0 aliphatic heterocycles. The zero-order valence-electron chi connectivity index (χ0n) is 12.1. The number of esters is 1. The van der Waals surface area contributed by atoms with Gasteiger partial charge < -0.3 is 10.1 Å². The minimum Gasteiger partial charge on any atom is -0.465 e. The predicted octanol–water partition coefficient (Wildman–Crippen LogP) is 2.74. The lowest BCUT2D eigenvalue weighted by atomic mass is 10.0. The second-order valence-corrected chi connectivity index (χ2v) is 5.00. The number of pyridine rings is 1. The highest BCUT2D eigenvalue weighted by Gasteiger charge is 2.12. The number of carbonyl (C=O) groups excluding carboxylic acids is 1. The van der Waals surface area contributed by atoms with Crippen LogP contribution in [-0.4, -0.2) is 30.1 Å². The Balaban J connectivity index is 2.56. The number of hydrogen-bond donors (Lipinski definition) is 1. The third-order valence-electron chi connectivity index (χ3n) is 3.05. The van der Waals surface area contributed by atoms with Crippen molar-refractivity contribution in [3.05, 3.63) is 53.2 Å². The minimum atomic E-state index is -0.399. The maximum atomic E-state index is 11.8. The van der Waals surface area contributed by atoms with Gasteiger partial charge in [-0.25, -0.2) is 4.79 Å². The lowest BCUT2D eigenvalue weighted by Crippen LogP contribution is -2.17. The zero-order chi connectivity index (χ0) is 15.4. The van der Waals surface area contributed by atoms with Gasteiger partial charge in [-0.3, -0.25) is 4.98 Å². The Morgan fingerprint density at radius 2 is 1.95 bits per heavy atom. The monoisotopic (exact) mass is 300 g/mol. The molecule has 0 amide bonds. The first-order valence-electron chi connectivity index (χ1n) is 6.43. The van der Waals surface area contributed by atoms with Gasteiger partial charge in [0.15, 0.2) is 0 Å². The molecule has 4 nitrogen and oxygen atoms in total. The normalized spacial score (nSPS) is 10.0. The second kappa shape index (κ2) is 6.45. The van der Waals surface area contributed by atoms with Crippen molar-refractivity contribution in [2.45, 2.75) is 6.92 Å². The van der Waals surface area contributed by atoms with Gasteiger partial charge in [0.2, 0.25) is 0 Å². The molecule has 1 heterocycles. The Kier molecular flexibility index (Phi) is 4.65. The standard InChI is InChI=1S/C16H16N2O2S/c1-10-4-5-14(18-9-10)11-6-12(15(21)17-2)8-13(7-11)16(19)20-3/h4-9H,1-3H3,(H,17,21). The number of carbonyl (C=O) groups is 1. The van der Waals surface area contributed by atoms with Gasteiger partial charge in [-0.05, 0) is 36.8 Å². The Morgan fingerprint density at radius 1 is 1.24 bits per heavy atom. The van der Waals surface area contributed by atoms with Crippen LogP contribution in [0.1, 0.15) is 21.5 Å². The summed E-state index contributed by atoms with van der Waals surface area (Å²) in [4.78, 5) is 16.8. The van der Waals surface area contributed by atoms with Crippen molar-refractivity contribution in [1.82, 2.24) is 10.3 Å². The molecule has 0 aliphatic rings. The quantitative estimate of drug-likeness (QED) is 0.698. The van der Waals surface area contributed by atoms with Crippen molar-refractivity contribution in [1.29, 1.82) is 0 Å². The molecule has 0 saturated heterocycles. The number of hydrogen-bond acceptors (Lipinski definition) is 4. The van der Waals surface area contributed by atoms with E-state index in [0.29, 0.717) is 10.6 Å². The number of aryl methyl sites for hydroxylation is 1. The lowest BCUT2D eigenvalue weighted by molar-refractivity contribution is 0.0601. The molecule has 0 fully saturated rings. The largest absolute Gasteiger partial charge is 0.465 e. The van der Waals surface area contributed by atoms with Gasteiger partial charge in [0, 0.05) is 24.4 Å². The van der Waals surface area contributed by atoms with E-state index in [4.69, 9.17) is 17.0 Å². The van der Waals surface area contributed by atoms with Crippen molar-refractivity contribution in [2.24, 2.45) is 0 Å². The summed E-state index contributed by atoms with van der Waals surface area (Å²) in [6.07, 6.45) is 1.79. The predicted molar refractivity (Wildman–Crippen MR) is 86.5 cm³/mol. The van der Waals surface area contributed by atoms with Crippen molar-refractivity contribution in [3.8, 4) is 11.3 Å². The van der Waals surface area contributed by atoms with Crippen LogP contribution in [0.5, 0.6) is 0 Å². The lowest BCUT2D eigenvalue weighted by Gasteiger charge is -2.09. The first kappa shape index (κ1) is 15.1. The molecule has 0 unspecified atom stereocenters. The van der Waals surface area contributed by atoms with E-state index in [1.165, 1.54) is 7.11 Å². The van der Waals surface area contributed by atoms with Gasteiger partial charge in [-0.2, -0.15) is 0 Å². The van der Waals surface area contributed by atoms with E-state index >= 15 is 0 Å². The molecule has 0 radical (unpaired) electrons. The number of nitrogens with one attached hydrogen (secondary N) is 1. The van der Waals surface area contributed by atoms with Gasteiger partial charge in [0.05, 0.1) is 18.4 Å². The number of rotatable bonds is 3. The van der Waals surface area contributed by atoms with Crippen LogP contribution in [0.4, 0.5) is 0 Å². The van der Waals surface area contributed by atoms with E-state index in [9.17, 15) is 4.79 Å². The molecule has 5 heteroatoms. The fourth-order valence-corrected chi connectivity index (χ4v) is 2.04. The van der Waals surface area contributed by atoms with E-state index in [-0.39, 0.29) is 0 Å². The molecule has 0 spiro atoms. The number of nitrogens with zero attached hydrogens (tertiary/aromatic N) is 1. The summed E-state index contributed by atoms with van der Waals surface area (Å²) in [5.41, 5.74) is 3.89. The molecular weight excluding hydrogens is 284 g/mol. The van der Waals surface area contributed by atoms with Crippen LogP contribution >= 0.6 is 12.2 Å². The van der Waals surface area contributed by atoms with Crippen LogP contribution in [0.2, 0.25) is 0 Å². The summed E-state index contributed by atoms with van der Waals surface area (Å²) >= 11 is 5.25. The van der Waals surface area contributed by atoms with Gasteiger partial charge in [0.25, 0.3) is 0 Å². The van der Waals surface area contributed by atoms with E-state index in [0.717, 1.165) is 22.4 Å². The summed E-state index contributed by atoms with van der Waals surface area (Å²) in [5, 5.41) is 2.91. The molecule has 1 aromatic heterocycles. The van der Waals surface area contributed by atoms with E-state index in [1.807, 2.05) is 25.1 Å². The fraction of sp³-hybridized carbons (Fsp3) is 0.188. The van der Waals surface area contributed by atoms with E-state index in [2.05, 4.69) is 10.3 Å². The maximum absolute atomic E-state index is 11.8. The average Bonchev–Trinajstić information content (AvgIpc) is 2.53. The summed E-state index contributed by atoms with van der Waals surface area (Å²) < 4.78 is 4.79. The number of thiocarbonyl (C=S) groups is 1. The smallest absolute Gasteiger partial charge is 0.337 e. The highest BCUT2D eigenvalue weighted by Crippen LogP contribution is 2.22. The highest BCUT2D eigenvalue weighted by atomic mass is 32.1. The Hall–Kier alpha value is -2.27. The minimum absolute atomic E-state index is 0.399. The first-order valence-corrected chi connectivity index (χ1v) is 6.84. The molecule has 0 atom stereocenters. The Bertz CT molecular complexity index is 647. The molecule has 1 N–H and O–H groups in total. The van der Waals surface area contributed by atoms with Crippen LogP contribution in [0.3, 0.4) is 0 Å². The summed E-state index contributed by atoms with van der Waals surface area (Å²) in [6.45, 7) is 1.98. The van der Waals surface area contributed by atoms with Crippen LogP contribution in [0.15, 0.2) is 36.5 Å². The van der Waals surface area contributed by atoms with Crippen molar-refractivity contribution in [3.63, 3.8) is 0 Å². The van der Waals surface area contributed by atoms with Gasteiger partial charge in [-0.1, -0.05) is 18.3 Å². The number of methoxy groups -OCH3 is 1. The molecule has 2 rings (SSSR count). The fourth-order valence-electron chi connectivity index (χ4n) is 1.93. The molecule has 21 heavy (non-hydrogen) atoms. The number of ether oxygens (including phenoxy) is 1. The molecule has 0 bridgehead atoms. The van der Waals surface area contributed by atoms with Crippen LogP contribution in [0, 0.1) is 6.92 Å². The molecule has 2 aromatic rings. The van der Waals surface area contributed by atoms with Gasteiger partial charge in [-0.15, -0.1) is 0 Å². The number of aromatic nitrogens is 1. The van der Waals surface area contributed by atoms with Gasteiger partial charge in [0.1, 0.15) is 4.99 Å². The second-order valence-electron chi connectivity index (χ2n) is 4.59. The summed E-state index contributed by atoms with van der Waals surface area (Å²) in [5.74, 6) is -0.399. The maximum Gasteiger partial charge on any atom is 0.337 e. The Morgan fingerprint density at radius 3 is 2.52 bits per heavy atom. The first-order chi connectivity index (χ1) is 10.0. The average molecular weight is 300 g/mol. The molecule has 0 aliphatic carbocycles. The van der Waals surface area contributed by atoms with Gasteiger partial charge >= 0.3 is 5.97 Å². The van der Waals surface area contributed by atoms with Crippen LogP contribution < -0.4 is 5.32 Å². The zero-order valence-corrected chi connectivity index (χ0v) is 13.0. The third-order valence-corrected chi connectivity index (χ3v) is 3.49. The van der Waals surface area contributed by atoms with Crippen molar-refractivity contribution < 1.29 is 9.53 Å². The summed E-state index contributed by atoms with van der Waals surface area (Å²) in [7, 11) is 3.10. The van der Waals surface area contributed by atoms with Crippen LogP contribution in [0.25, 0.3) is 11.3 Å². The molecule has 0 saturated carbocycles. The van der Waals surface area contributed by atoms with Crippen molar-refractivity contribution in [2.75, 3.05) is 14.2 Å². The number of benzene rings is 1. The Labute approximate surface area is 129 Å². The molecule has 108 valence electrons. The molecular formula is C16H16N2O2S. The molecule has 1 aromatic carbocycles. The topological polar surface area (TPSA) is 51.2 Å². The van der Waals surface area contributed by atoms with Crippen molar-refractivity contribution >= 4 is 23.2 Å². The van der Waals surface area contributed by atoms with E-state index < -0.39 is 5.97 Å².